The molecule has 9 nitrogen and oxygen atoms in total. The fraction of sp³-hybridized carbons (Fsp3) is 0.682. The molecule has 2 saturated heterocycles. The first kappa shape index (κ1) is 22.8. The number of amidine groups is 1. The molecule has 10 heteroatoms. The van der Waals surface area contributed by atoms with Crippen LogP contribution in [0, 0.1) is 0 Å². The third-order valence-electron chi connectivity index (χ3n) is 6.68. The molecule has 0 spiro atoms. The number of carbonyl (C=O) groups excluding carboxylic acids is 1. The number of nitrogens with two attached hydrogens (primary N) is 1. The van der Waals surface area contributed by atoms with Crippen molar-refractivity contribution in [2.45, 2.75) is 63.5 Å². The van der Waals surface area contributed by atoms with Gasteiger partial charge in [0.2, 0.25) is 0 Å². The van der Waals surface area contributed by atoms with Crippen LogP contribution in [-0.4, -0.2) is 73.3 Å². The minimum Gasteiger partial charge on any atom is -0.384 e. The Morgan fingerprint density at radius 3 is 2.59 bits per heavy atom. The van der Waals surface area contributed by atoms with Crippen molar-refractivity contribution in [3.05, 3.63) is 23.9 Å². The van der Waals surface area contributed by atoms with Gasteiger partial charge >= 0.3 is 0 Å². The van der Waals surface area contributed by atoms with Crippen LogP contribution in [0.15, 0.2) is 23.5 Å². The molecule has 3 aliphatic rings. The first-order chi connectivity index (χ1) is 15.4. The van der Waals surface area contributed by atoms with E-state index in [2.05, 4.69) is 15.0 Å². The number of oxime groups is 1. The highest BCUT2D eigenvalue weighted by Crippen LogP contribution is 2.29. The zero-order valence-electron chi connectivity index (χ0n) is 18.5. The molecule has 32 heavy (non-hydrogen) atoms. The summed E-state index contributed by atoms with van der Waals surface area (Å²) < 4.78 is 24.0. The topological polar surface area (TPSA) is 118 Å². The molecule has 2 N–H and O–H groups in total. The Balaban J connectivity index is 1.42. The highest BCUT2D eigenvalue weighted by molar-refractivity contribution is 7.91. The van der Waals surface area contributed by atoms with Crippen molar-refractivity contribution in [3.8, 4) is 0 Å². The molecule has 4 rings (SSSR count). The normalized spacial score (nSPS) is 23.9. The van der Waals surface area contributed by atoms with Crippen LogP contribution in [0.2, 0.25) is 0 Å². The molecule has 1 aromatic rings. The first-order valence-electron chi connectivity index (χ1n) is 11.6. The molecule has 0 aromatic carbocycles. The quantitative estimate of drug-likeness (QED) is 0.371. The van der Waals surface area contributed by atoms with Gasteiger partial charge in [-0.1, -0.05) is 18.0 Å². The molecular formula is C22H33N5O4S. The predicted molar refractivity (Wildman–Crippen MR) is 123 cm³/mol. The average Bonchev–Trinajstić information content (AvgIpc) is 3.44. The average molecular weight is 464 g/mol. The summed E-state index contributed by atoms with van der Waals surface area (Å²) in [6.07, 6.45) is 9.60. The van der Waals surface area contributed by atoms with Gasteiger partial charge in [0.1, 0.15) is 5.82 Å². The van der Waals surface area contributed by atoms with E-state index in [4.69, 9.17) is 10.6 Å². The third-order valence-corrected chi connectivity index (χ3v) is 8.43. The Bertz CT molecular complexity index is 939. The maximum absolute atomic E-state index is 13.0. The molecule has 2 aliphatic heterocycles. The van der Waals surface area contributed by atoms with E-state index in [1.54, 1.807) is 17.2 Å². The number of pyridine rings is 1. The Kier molecular flexibility index (Phi) is 7.17. The van der Waals surface area contributed by atoms with Crippen LogP contribution < -0.4 is 10.6 Å². The Hall–Kier alpha value is -2.36. The van der Waals surface area contributed by atoms with E-state index in [1.165, 1.54) is 6.42 Å². The minimum absolute atomic E-state index is 0.0372. The van der Waals surface area contributed by atoms with Gasteiger partial charge in [-0.25, -0.2) is 13.4 Å². The molecule has 1 aliphatic carbocycles. The largest absolute Gasteiger partial charge is 0.384 e. The van der Waals surface area contributed by atoms with Crippen LogP contribution in [-0.2, 0) is 19.5 Å². The number of carbonyl (C=O) groups is 1. The van der Waals surface area contributed by atoms with Gasteiger partial charge in [0, 0.05) is 31.4 Å². The number of anilines is 1. The summed E-state index contributed by atoms with van der Waals surface area (Å²) in [5.74, 6) is 0.920. The van der Waals surface area contributed by atoms with E-state index in [0.717, 1.165) is 57.4 Å². The second-order valence-corrected chi connectivity index (χ2v) is 11.2. The lowest BCUT2D eigenvalue weighted by Gasteiger charge is -2.33. The van der Waals surface area contributed by atoms with Gasteiger partial charge in [-0.2, -0.15) is 0 Å². The second kappa shape index (κ2) is 10.1. The van der Waals surface area contributed by atoms with Gasteiger partial charge in [0.05, 0.1) is 17.1 Å². The minimum atomic E-state index is -3.08. The van der Waals surface area contributed by atoms with E-state index in [9.17, 15) is 13.2 Å². The third kappa shape index (κ3) is 5.33. The summed E-state index contributed by atoms with van der Waals surface area (Å²) in [5.41, 5.74) is 6.89. The van der Waals surface area contributed by atoms with Crippen molar-refractivity contribution in [1.29, 1.82) is 0 Å². The summed E-state index contributed by atoms with van der Waals surface area (Å²) in [6.45, 7) is 1.60. The van der Waals surface area contributed by atoms with E-state index in [-0.39, 0.29) is 41.9 Å². The van der Waals surface area contributed by atoms with Gasteiger partial charge < -0.3 is 20.4 Å². The van der Waals surface area contributed by atoms with Gasteiger partial charge in [-0.05, 0) is 50.7 Å². The first-order valence-corrected chi connectivity index (χ1v) is 13.4. The van der Waals surface area contributed by atoms with Gasteiger partial charge in [0.25, 0.3) is 5.91 Å². The molecule has 3 heterocycles. The van der Waals surface area contributed by atoms with Crippen molar-refractivity contribution in [3.63, 3.8) is 0 Å². The van der Waals surface area contributed by atoms with Crippen LogP contribution in [0.25, 0.3) is 0 Å². The summed E-state index contributed by atoms with van der Waals surface area (Å²) in [7, 11) is -3.08. The lowest BCUT2D eigenvalue weighted by molar-refractivity contribution is -0.140. The zero-order valence-corrected chi connectivity index (χ0v) is 19.3. The number of amides is 1. The van der Waals surface area contributed by atoms with Crippen LogP contribution in [0.5, 0.6) is 0 Å². The van der Waals surface area contributed by atoms with Gasteiger partial charge in [0.15, 0.2) is 22.3 Å². The predicted octanol–water partition coefficient (Wildman–Crippen LogP) is 1.67. The number of hydrogen-bond donors (Lipinski definition) is 1. The molecule has 1 atom stereocenters. The number of sulfone groups is 1. The van der Waals surface area contributed by atoms with Gasteiger partial charge in [-0.3, -0.25) is 4.79 Å². The molecule has 1 saturated carbocycles. The number of aromatic nitrogens is 1. The monoisotopic (exact) mass is 463 g/mol. The fourth-order valence-corrected chi connectivity index (χ4v) is 6.83. The molecule has 0 bridgehead atoms. The highest BCUT2D eigenvalue weighted by Gasteiger charge is 2.39. The van der Waals surface area contributed by atoms with Crippen LogP contribution >= 0.6 is 0 Å². The van der Waals surface area contributed by atoms with Gasteiger partial charge in [-0.15, -0.1) is 0 Å². The van der Waals surface area contributed by atoms with E-state index >= 15 is 0 Å². The molecule has 3 fully saturated rings. The Labute approximate surface area is 189 Å². The lowest BCUT2D eigenvalue weighted by Crippen LogP contribution is -2.48. The lowest BCUT2D eigenvalue weighted by atomic mass is 10.1. The van der Waals surface area contributed by atoms with Crippen molar-refractivity contribution in [2.24, 2.45) is 10.9 Å². The van der Waals surface area contributed by atoms with Crippen molar-refractivity contribution >= 4 is 27.4 Å². The SMILES string of the molecule is N/C(=N/OCC(=O)N(C1CCCC1)C1CCS(=O)(=O)C1)c1cccnc1N1CCCCC1. The maximum atomic E-state index is 13.0. The zero-order chi connectivity index (χ0) is 22.6. The second-order valence-electron chi connectivity index (χ2n) is 8.97. The maximum Gasteiger partial charge on any atom is 0.263 e. The van der Waals surface area contributed by atoms with Crippen molar-refractivity contribution < 1.29 is 18.0 Å². The molecule has 176 valence electrons. The summed E-state index contributed by atoms with van der Waals surface area (Å²) in [5, 5.41) is 4.02. The number of rotatable bonds is 7. The number of hydrogen-bond acceptors (Lipinski definition) is 7. The summed E-state index contributed by atoms with van der Waals surface area (Å²) in [6, 6.07) is 3.47. The number of piperidine rings is 1. The van der Waals surface area contributed by atoms with E-state index in [0.29, 0.717) is 12.0 Å². The standard InChI is InChI=1S/C22H33N5O4S/c23-21(19-9-6-11-24-22(19)26-12-4-1-5-13-26)25-31-15-20(28)27(17-7-2-3-8-17)18-10-14-32(29,30)16-18/h6,9,11,17-18H,1-5,7-8,10,12-16H2,(H2,23,25). The molecule has 1 aromatic heterocycles. The number of nitrogens with zero attached hydrogens (tertiary/aromatic N) is 4. The van der Waals surface area contributed by atoms with Crippen molar-refractivity contribution in [1.82, 2.24) is 9.88 Å². The van der Waals surface area contributed by atoms with Crippen LogP contribution in [0.1, 0.15) is 56.9 Å². The van der Waals surface area contributed by atoms with E-state index in [1.807, 2.05) is 6.07 Å². The smallest absolute Gasteiger partial charge is 0.263 e. The fourth-order valence-electron chi connectivity index (χ4n) is 5.12. The molecular weight excluding hydrogens is 430 g/mol. The summed E-state index contributed by atoms with van der Waals surface area (Å²) >= 11 is 0. The molecule has 0 radical (unpaired) electrons. The highest BCUT2D eigenvalue weighted by atomic mass is 32.2. The van der Waals surface area contributed by atoms with Crippen LogP contribution in [0.3, 0.4) is 0 Å². The van der Waals surface area contributed by atoms with Crippen molar-refractivity contribution in [2.75, 3.05) is 36.1 Å². The Morgan fingerprint density at radius 1 is 1.16 bits per heavy atom. The van der Waals surface area contributed by atoms with E-state index < -0.39 is 9.84 Å². The van der Waals surface area contributed by atoms with Crippen LogP contribution in [0.4, 0.5) is 5.82 Å². The molecule has 1 unspecified atom stereocenters. The molecule has 1 amide bonds. The summed E-state index contributed by atoms with van der Waals surface area (Å²) in [4.78, 5) is 26.9. The Morgan fingerprint density at radius 2 is 1.91 bits per heavy atom.